The van der Waals surface area contributed by atoms with Gasteiger partial charge in [0.1, 0.15) is 6.54 Å². The second-order valence-electron chi connectivity index (χ2n) is 9.21. The van der Waals surface area contributed by atoms with E-state index in [4.69, 9.17) is 5.73 Å². The molecule has 2 aliphatic carbocycles. The smallest absolute Gasteiger partial charge is 0.324 e. The van der Waals surface area contributed by atoms with Gasteiger partial charge in [0.25, 0.3) is 5.91 Å². The summed E-state index contributed by atoms with van der Waals surface area (Å²) in [5.74, 6) is -3.19. The average molecular weight is 594 g/mol. The van der Waals surface area contributed by atoms with Crippen LogP contribution in [0.3, 0.4) is 0 Å². The lowest BCUT2D eigenvalue weighted by atomic mass is 9.87. The average Bonchev–Trinajstić information content (AvgIpc) is 2.80. The van der Waals surface area contributed by atoms with Crippen molar-refractivity contribution in [3.05, 3.63) is 64.2 Å². The van der Waals surface area contributed by atoms with Gasteiger partial charge in [-0.1, -0.05) is 47.2 Å². The largest absolute Gasteiger partial charge is 0.416 e. The number of alkyl halides is 6. The van der Waals surface area contributed by atoms with Crippen LogP contribution in [0.25, 0.3) is 0 Å². The van der Waals surface area contributed by atoms with E-state index in [1.165, 1.54) is 18.2 Å². The molecule has 1 atom stereocenters. The molecule has 0 spiro atoms. The maximum atomic E-state index is 13.5. The second kappa shape index (κ2) is 11.0. The molecule has 2 amide bonds. The van der Waals surface area contributed by atoms with Gasteiger partial charge in [-0.05, 0) is 55.9 Å². The zero-order chi connectivity index (χ0) is 27.6. The third-order valence-corrected chi connectivity index (χ3v) is 6.90. The third-order valence-electron chi connectivity index (χ3n) is 6.44. The van der Waals surface area contributed by atoms with E-state index >= 15 is 0 Å². The van der Waals surface area contributed by atoms with Crippen LogP contribution in [0.4, 0.5) is 32.0 Å². The number of carbonyl (C=O) groups excluding carboxylic acids is 2. The maximum absolute atomic E-state index is 13.5. The summed E-state index contributed by atoms with van der Waals surface area (Å²) in [5, 5.41) is 2.38. The summed E-state index contributed by atoms with van der Waals surface area (Å²) < 4.78 is 78.5. The Bertz CT molecular complexity index is 1120. The van der Waals surface area contributed by atoms with Gasteiger partial charge in [-0.2, -0.15) is 26.3 Å². The molecule has 37 heavy (non-hydrogen) atoms. The van der Waals surface area contributed by atoms with Gasteiger partial charge in [0.05, 0.1) is 17.1 Å². The van der Waals surface area contributed by atoms with Crippen LogP contribution < -0.4 is 11.1 Å². The first-order chi connectivity index (χ1) is 17.1. The van der Waals surface area contributed by atoms with Crippen LogP contribution in [0.2, 0.25) is 0 Å². The number of nitrogens with one attached hydrogen (secondary N) is 1. The minimum Gasteiger partial charge on any atom is -0.324 e. The van der Waals surface area contributed by atoms with Gasteiger partial charge < -0.3 is 16.0 Å². The summed E-state index contributed by atoms with van der Waals surface area (Å²) in [6.07, 6.45) is -3.04. The monoisotopic (exact) mass is 593 g/mol. The molecule has 3 N–H and O–H groups in total. The van der Waals surface area contributed by atoms with Crippen molar-refractivity contribution in [1.29, 1.82) is 0 Å². The number of anilines is 1. The van der Waals surface area contributed by atoms with E-state index in [1.807, 2.05) is 0 Å². The Balaban J connectivity index is 1.82. The van der Waals surface area contributed by atoms with E-state index in [2.05, 4.69) is 27.8 Å². The summed E-state index contributed by atoms with van der Waals surface area (Å²) >= 11 is 2.99. The fraction of sp³-hybridized carbons (Fsp3) is 0.440. The van der Waals surface area contributed by atoms with Crippen molar-refractivity contribution < 1.29 is 35.9 Å². The summed E-state index contributed by atoms with van der Waals surface area (Å²) in [6, 6.07) is 2.91. The SMILES string of the molecule is C=C(C(=O)N(CC(=O)Nc1cc(Br)cc(C(F)(F)F)c1)C1(N)CCCCC1)C1=CCC(C(F)(F)F)C=C1. The molecule has 0 radical (unpaired) electrons. The highest BCUT2D eigenvalue weighted by atomic mass is 79.9. The van der Waals surface area contributed by atoms with Crippen molar-refractivity contribution in [3.63, 3.8) is 0 Å². The van der Waals surface area contributed by atoms with Crippen LogP contribution >= 0.6 is 15.9 Å². The molecule has 0 aliphatic heterocycles. The van der Waals surface area contributed by atoms with Gasteiger partial charge >= 0.3 is 12.4 Å². The fourth-order valence-electron chi connectivity index (χ4n) is 4.41. The van der Waals surface area contributed by atoms with Crippen molar-refractivity contribution in [3.8, 4) is 0 Å². The lowest BCUT2D eigenvalue weighted by Crippen LogP contribution is -2.61. The Hall–Kier alpha value is -2.60. The number of amides is 2. The molecular weight excluding hydrogens is 568 g/mol. The summed E-state index contributed by atoms with van der Waals surface area (Å²) in [5.41, 5.74) is 4.27. The van der Waals surface area contributed by atoms with Gasteiger partial charge in [-0.3, -0.25) is 9.59 Å². The quantitative estimate of drug-likeness (QED) is 0.225. The van der Waals surface area contributed by atoms with Crippen LogP contribution in [0.1, 0.15) is 44.1 Å². The van der Waals surface area contributed by atoms with Crippen molar-refractivity contribution >= 4 is 33.4 Å². The second-order valence-corrected chi connectivity index (χ2v) is 10.1. The van der Waals surface area contributed by atoms with Gasteiger partial charge in [0.15, 0.2) is 0 Å². The minimum atomic E-state index is -4.64. The predicted molar refractivity (Wildman–Crippen MR) is 130 cm³/mol. The Kier molecular flexibility index (Phi) is 8.63. The number of nitrogens with two attached hydrogens (primary N) is 1. The molecule has 0 saturated heterocycles. The Morgan fingerprint density at radius 1 is 1.11 bits per heavy atom. The highest BCUT2D eigenvalue weighted by Crippen LogP contribution is 2.36. The molecule has 0 heterocycles. The number of allylic oxidation sites excluding steroid dienone is 3. The van der Waals surface area contributed by atoms with Crippen LogP contribution in [-0.2, 0) is 15.8 Å². The molecule has 3 rings (SSSR count). The molecule has 2 aliphatic rings. The molecule has 1 fully saturated rings. The molecule has 1 aromatic carbocycles. The predicted octanol–water partition coefficient (Wildman–Crippen LogP) is 6.48. The molecule has 5 nitrogen and oxygen atoms in total. The van der Waals surface area contributed by atoms with E-state index in [0.717, 1.165) is 29.5 Å². The zero-order valence-electron chi connectivity index (χ0n) is 19.7. The third kappa shape index (κ3) is 7.25. The fourth-order valence-corrected chi connectivity index (χ4v) is 4.90. The van der Waals surface area contributed by atoms with Crippen LogP contribution in [0, 0.1) is 5.92 Å². The minimum absolute atomic E-state index is 0.0923. The number of carbonyl (C=O) groups is 2. The molecule has 0 bridgehead atoms. The number of benzene rings is 1. The molecule has 202 valence electrons. The van der Waals surface area contributed by atoms with Gasteiger partial charge in [0, 0.05) is 15.7 Å². The zero-order valence-corrected chi connectivity index (χ0v) is 21.3. The van der Waals surface area contributed by atoms with Crippen molar-refractivity contribution in [2.75, 3.05) is 11.9 Å². The molecule has 1 saturated carbocycles. The molecule has 0 aromatic heterocycles. The van der Waals surface area contributed by atoms with E-state index < -0.39 is 47.9 Å². The first-order valence-corrected chi connectivity index (χ1v) is 12.3. The normalized spacial score (nSPS) is 19.7. The summed E-state index contributed by atoms with van der Waals surface area (Å²) in [7, 11) is 0. The molecular formula is C25H26BrF6N3O2. The van der Waals surface area contributed by atoms with E-state index in [9.17, 15) is 35.9 Å². The first-order valence-electron chi connectivity index (χ1n) is 11.5. The Labute approximate surface area is 218 Å². The highest BCUT2D eigenvalue weighted by Gasteiger charge is 2.41. The van der Waals surface area contributed by atoms with Crippen LogP contribution in [0.5, 0.6) is 0 Å². The highest BCUT2D eigenvalue weighted by molar-refractivity contribution is 9.10. The van der Waals surface area contributed by atoms with Crippen LogP contribution in [-0.4, -0.2) is 35.1 Å². The molecule has 1 unspecified atom stereocenters. The van der Waals surface area contributed by atoms with Crippen molar-refractivity contribution in [1.82, 2.24) is 4.90 Å². The number of hydrogen-bond acceptors (Lipinski definition) is 3. The number of nitrogens with zero attached hydrogens (tertiary/aromatic N) is 1. The van der Waals surface area contributed by atoms with Crippen molar-refractivity contribution in [2.24, 2.45) is 11.7 Å². The summed E-state index contributed by atoms with van der Waals surface area (Å²) in [6.45, 7) is 3.16. The van der Waals surface area contributed by atoms with Crippen LogP contribution in [0.15, 0.2) is 58.6 Å². The number of rotatable bonds is 6. The lowest BCUT2D eigenvalue weighted by Gasteiger charge is -2.43. The molecule has 1 aromatic rings. The first kappa shape index (κ1) is 29.0. The molecule has 12 heteroatoms. The Morgan fingerprint density at radius 2 is 1.76 bits per heavy atom. The summed E-state index contributed by atoms with van der Waals surface area (Å²) in [4.78, 5) is 27.5. The lowest BCUT2D eigenvalue weighted by molar-refractivity contribution is -0.160. The van der Waals surface area contributed by atoms with Gasteiger partial charge in [0.2, 0.25) is 5.91 Å². The topological polar surface area (TPSA) is 75.4 Å². The standard InChI is InChI=1S/C25H26BrF6N3O2/c1-15(16-5-7-17(8-6-16)24(27,28)29)22(37)35(23(33)9-3-2-4-10-23)14-21(36)34-20-12-18(25(30,31)32)11-19(26)13-20/h5-7,11-13,17H,1-4,8-10,14,33H2,(H,34,36). The van der Waals surface area contributed by atoms with E-state index in [1.54, 1.807) is 0 Å². The van der Waals surface area contributed by atoms with E-state index in [-0.39, 0.29) is 27.7 Å². The van der Waals surface area contributed by atoms with Gasteiger partial charge in [-0.15, -0.1) is 0 Å². The maximum Gasteiger partial charge on any atom is 0.416 e. The van der Waals surface area contributed by atoms with Crippen molar-refractivity contribution in [2.45, 2.75) is 56.5 Å². The van der Waals surface area contributed by atoms with Gasteiger partial charge in [-0.25, -0.2) is 0 Å². The number of hydrogen-bond donors (Lipinski definition) is 2. The number of halogens is 7. The Morgan fingerprint density at radius 3 is 2.30 bits per heavy atom. The van der Waals surface area contributed by atoms with E-state index in [0.29, 0.717) is 25.7 Å².